The molecule has 0 unspecified atom stereocenters. The number of primary sulfonamides is 2. The molecule has 2 rings (SSSR count). The lowest BCUT2D eigenvalue weighted by atomic mass is 9.95. The molecule has 0 saturated heterocycles. The Bertz CT molecular complexity index is 2190. The van der Waals surface area contributed by atoms with E-state index in [0.717, 1.165) is 12.1 Å². The molecule has 2 aromatic rings. The van der Waals surface area contributed by atoms with Gasteiger partial charge in [0.25, 0.3) is 0 Å². The number of aliphatic carboxylic acids is 3. The van der Waals surface area contributed by atoms with Gasteiger partial charge in [0.2, 0.25) is 37.8 Å². The van der Waals surface area contributed by atoms with E-state index in [1.807, 2.05) is 0 Å². The number of nitrogens with two attached hydrogens (primary N) is 2. The summed E-state index contributed by atoms with van der Waals surface area (Å²) in [5.74, 6) is -8.60. The molecule has 0 spiro atoms. The number of hydrogen-bond donors (Lipinski definition) is 8. The van der Waals surface area contributed by atoms with Crippen LogP contribution in [0.4, 0.5) is 11.4 Å². The highest BCUT2D eigenvalue weighted by molar-refractivity contribution is 7.89. The molecule has 0 aliphatic heterocycles. The Morgan fingerprint density at radius 1 is 0.619 bits per heavy atom. The van der Waals surface area contributed by atoms with Crippen molar-refractivity contribution >= 4 is 84.9 Å². The average molecular weight is 928 g/mol. The van der Waals surface area contributed by atoms with Crippen molar-refractivity contribution in [3.8, 4) is 0 Å². The molecule has 0 radical (unpaired) electrons. The van der Waals surface area contributed by atoms with Crippen molar-refractivity contribution in [3.05, 3.63) is 48.5 Å². The maximum Gasteiger partial charge on any atom is 0.317 e. The van der Waals surface area contributed by atoms with Crippen LogP contribution in [0.2, 0.25) is 0 Å². The van der Waals surface area contributed by atoms with E-state index < -0.39 is 118 Å². The van der Waals surface area contributed by atoms with E-state index in [0.29, 0.717) is 0 Å². The zero-order valence-corrected chi connectivity index (χ0v) is 35.3. The molecular formula is C37H49N7O17S2. The third-order valence-corrected chi connectivity index (χ3v) is 10.4. The molecule has 3 amide bonds. The summed E-state index contributed by atoms with van der Waals surface area (Å²) in [5.41, 5.74) is 0.380. The highest BCUT2D eigenvalue weighted by atomic mass is 32.2. The van der Waals surface area contributed by atoms with Gasteiger partial charge in [-0.25, -0.2) is 27.1 Å². The highest BCUT2D eigenvalue weighted by Crippen LogP contribution is 2.15. The molecule has 2 aromatic carbocycles. The number of hydrogen-bond acceptors (Lipinski definition) is 16. The van der Waals surface area contributed by atoms with Gasteiger partial charge in [-0.15, -0.1) is 0 Å². The van der Waals surface area contributed by atoms with Crippen LogP contribution in [0.3, 0.4) is 0 Å². The van der Waals surface area contributed by atoms with Gasteiger partial charge in [-0.2, -0.15) is 0 Å². The number of ether oxygens (including phenoxy) is 1. The lowest BCUT2D eigenvalue weighted by molar-refractivity contribution is -0.142. The van der Waals surface area contributed by atoms with Crippen LogP contribution in [0.5, 0.6) is 0 Å². The van der Waals surface area contributed by atoms with Crippen LogP contribution in [0.1, 0.15) is 38.5 Å². The van der Waals surface area contributed by atoms with Gasteiger partial charge in [-0.05, 0) is 55.0 Å². The highest BCUT2D eigenvalue weighted by Gasteiger charge is 2.27. The first-order valence-electron chi connectivity index (χ1n) is 18.8. The molecule has 0 fully saturated rings. The Morgan fingerprint density at radius 3 is 1.52 bits per heavy atom. The number of amides is 3. The van der Waals surface area contributed by atoms with E-state index in [9.17, 15) is 65.1 Å². The SMILES string of the molecule is NS(=O)(=O)c1ccc(NC(=O)CN(CCN(CC(=O)CCCOCCC(=O)N[C@@H](CC(=O)O)C(=O)C[C@H](C=O)CC(=O)O)CC(=O)Nc2ccc(S(N)(=O)=O)cc2)CC(=O)O)cc1. The molecule has 0 aromatic heterocycles. The third-order valence-electron chi connectivity index (χ3n) is 8.57. The van der Waals surface area contributed by atoms with E-state index in [-0.39, 0.29) is 79.6 Å². The van der Waals surface area contributed by atoms with Gasteiger partial charge in [0.05, 0.1) is 61.5 Å². The van der Waals surface area contributed by atoms with E-state index in [1.165, 1.54) is 46.2 Å². The number of benzene rings is 2. The van der Waals surface area contributed by atoms with Crippen molar-refractivity contribution in [1.29, 1.82) is 0 Å². The van der Waals surface area contributed by atoms with Crippen molar-refractivity contribution in [3.63, 3.8) is 0 Å². The number of carbonyl (C=O) groups excluding carboxylic acids is 6. The topological polar surface area (TPSA) is 386 Å². The monoisotopic (exact) mass is 927 g/mol. The molecular weight excluding hydrogens is 879 g/mol. The predicted octanol–water partition coefficient (Wildman–Crippen LogP) is -1.79. The van der Waals surface area contributed by atoms with Crippen molar-refractivity contribution < 1.29 is 80.0 Å². The number of nitrogens with zero attached hydrogens (tertiary/aromatic N) is 2. The predicted molar refractivity (Wildman–Crippen MR) is 219 cm³/mol. The zero-order chi connectivity index (χ0) is 47.3. The minimum Gasteiger partial charge on any atom is -0.481 e. The minimum absolute atomic E-state index is 0.0338. The zero-order valence-electron chi connectivity index (χ0n) is 33.7. The number of sulfonamides is 2. The number of carboxylic acids is 3. The minimum atomic E-state index is -4.01. The molecule has 10 N–H and O–H groups in total. The van der Waals surface area contributed by atoms with Crippen LogP contribution in [-0.4, -0.2) is 154 Å². The standard InChI is InChI=1S/C37H49N7O17S2/c38-62(57,58)28-7-3-25(4-8-28)40-33(49)20-43(12-13-44(22-37(55)56)21-34(50)41-26-5-9-29(10-6-26)63(39,59)60)19-27(46)2-1-14-61-15-11-32(48)42-30(18-36(53)54)31(47)16-24(23-45)17-35(51)52/h3-10,23-24,30H,1-2,11-22H2,(H,40,49)(H,41,50)(H,42,48)(H,51,52)(H,53,54)(H,55,56)(H2,38,57,58)(H2,39,59,60)/t24-,30-/m0/s1. The molecule has 63 heavy (non-hydrogen) atoms. The first-order valence-corrected chi connectivity index (χ1v) is 21.9. The number of anilines is 2. The fourth-order valence-electron chi connectivity index (χ4n) is 5.61. The maximum absolute atomic E-state index is 13.1. The van der Waals surface area contributed by atoms with Gasteiger partial charge >= 0.3 is 17.9 Å². The summed E-state index contributed by atoms with van der Waals surface area (Å²) in [7, 11) is -8.01. The number of carboxylic acid groups (broad SMARTS) is 3. The number of Topliss-reactive ketones (excluding diaryl/α,β-unsaturated/α-hetero) is 2. The Hall–Kier alpha value is -6.03. The average Bonchev–Trinajstić information content (AvgIpc) is 3.16. The second kappa shape index (κ2) is 25.8. The Balaban J connectivity index is 2.02. The van der Waals surface area contributed by atoms with Crippen LogP contribution >= 0.6 is 0 Å². The van der Waals surface area contributed by atoms with Crippen LogP contribution < -0.4 is 26.2 Å². The Kier molecular flexibility index (Phi) is 21.7. The number of nitrogens with one attached hydrogen (secondary N) is 3. The lowest BCUT2D eigenvalue weighted by Gasteiger charge is -2.26. The van der Waals surface area contributed by atoms with Crippen LogP contribution in [0.15, 0.2) is 58.3 Å². The van der Waals surface area contributed by atoms with Gasteiger partial charge in [0.1, 0.15) is 12.1 Å². The molecule has 346 valence electrons. The molecule has 0 bridgehead atoms. The number of rotatable bonds is 31. The second-order valence-electron chi connectivity index (χ2n) is 13.9. The summed E-state index contributed by atoms with van der Waals surface area (Å²) in [5, 5.41) is 45.1. The van der Waals surface area contributed by atoms with Gasteiger partial charge < -0.3 is 40.8 Å². The van der Waals surface area contributed by atoms with Gasteiger partial charge in [-0.3, -0.25) is 48.2 Å². The first kappa shape index (κ1) is 53.1. The van der Waals surface area contributed by atoms with Crippen molar-refractivity contribution in [2.75, 3.05) is 63.1 Å². The number of aldehydes is 1. The van der Waals surface area contributed by atoms with Crippen LogP contribution in [0, 0.1) is 5.92 Å². The largest absolute Gasteiger partial charge is 0.481 e. The van der Waals surface area contributed by atoms with Gasteiger partial charge in [-0.1, -0.05) is 0 Å². The summed E-state index contributed by atoms with van der Waals surface area (Å²) >= 11 is 0. The fourth-order valence-corrected chi connectivity index (χ4v) is 6.64. The molecule has 0 heterocycles. The molecule has 26 heteroatoms. The summed E-state index contributed by atoms with van der Waals surface area (Å²) in [6, 6.07) is 8.26. The maximum atomic E-state index is 13.1. The summed E-state index contributed by atoms with van der Waals surface area (Å²) < 4.78 is 51.7. The quantitative estimate of drug-likeness (QED) is 0.0306. The van der Waals surface area contributed by atoms with E-state index in [2.05, 4.69) is 16.0 Å². The third kappa shape index (κ3) is 22.1. The molecule has 0 saturated carbocycles. The van der Waals surface area contributed by atoms with Crippen LogP contribution in [-0.2, 0) is 67.9 Å². The van der Waals surface area contributed by atoms with Crippen molar-refractivity contribution in [1.82, 2.24) is 15.1 Å². The van der Waals surface area contributed by atoms with E-state index in [4.69, 9.17) is 25.2 Å². The molecule has 2 atom stereocenters. The fraction of sp³-hybridized carbons (Fsp3) is 0.432. The molecule has 0 aliphatic rings. The van der Waals surface area contributed by atoms with E-state index >= 15 is 0 Å². The Labute approximate surface area is 361 Å². The summed E-state index contributed by atoms with van der Waals surface area (Å²) in [6.45, 7) is -2.33. The smallest absolute Gasteiger partial charge is 0.317 e. The lowest BCUT2D eigenvalue weighted by Crippen LogP contribution is -2.44. The second-order valence-corrected chi connectivity index (χ2v) is 17.1. The normalized spacial score (nSPS) is 12.5. The van der Waals surface area contributed by atoms with Crippen molar-refractivity contribution in [2.45, 2.75) is 54.4 Å². The first-order chi connectivity index (χ1) is 29.4. The number of ketones is 2. The van der Waals surface area contributed by atoms with E-state index in [1.54, 1.807) is 0 Å². The molecule has 0 aliphatic carbocycles. The molecule has 24 nitrogen and oxygen atoms in total. The van der Waals surface area contributed by atoms with Crippen LogP contribution in [0.25, 0.3) is 0 Å². The van der Waals surface area contributed by atoms with Gasteiger partial charge in [0.15, 0.2) is 5.78 Å². The summed E-state index contributed by atoms with van der Waals surface area (Å²) in [6.07, 6.45) is -2.09. The summed E-state index contributed by atoms with van der Waals surface area (Å²) in [4.78, 5) is 111. The Morgan fingerprint density at radius 2 is 1.10 bits per heavy atom. The van der Waals surface area contributed by atoms with Crippen molar-refractivity contribution in [2.24, 2.45) is 16.2 Å². The number of carbonyl (C=O) groups is 9. The van der Waals surface area contributed by atoms with Gasteiger partial charge in [0, 0.05) is 56.3 Å².